The molecule has 1 fully saturated rings. The molecule has 0 saturated carbocycles. The monoisotopic (exact) mass is 155 g/mol. The Labute approximate surface area is 66.6 Å². The molecule has 0 amide bonds. The zero-order chi connectivity index (χ0) is 8.27. The molecular formula is C8H13NO2. The van der Waals surface area contributed by atoms with Crippen LogP contribution in [-0.4, -0.2) is 36.6 Å². The third-order valence-electron chi connectivity index (χ3n) is 1.64. The van der Waals surface area contributed by atoms with Gasteiger partial charge in [0.25, 0.3) is 0 Å². The highest BCUT2D eigenvalue weighted by molar-refractivity contribution is 5.79. The molecule has 0 aromatic heterocycles. The van der Waals surface area contributed by atoms with E-state index in [4.69, 9.17) is 4.74 Å². The molecule has 1 saturated heterocycles. The highest BCUT2D eigenvalue weighted by Crippen LogP contribution is 2.17. The van der Waals surface area contributed by atoms with E-state index in [1.807, 2.05) is 11.8 Å². The van der Waals surface area contributed by atoms with E-state index in [0.717, 1.165) is 13.1 Å². The Kier molecular flexibility index (Phi) is 2.65. The van der Waals surface area contributed by atoms with E-state index in [1.165, 1.54) is 0 Å². The van der Waals surface area contributed by atoms with E-state index in [1.54, 1.807) is 6.08 Å². The molecule has 3 heteroatoms. The fourth-order valence-corrected chi connectivity index (χ4v) is 1.00. The van der Waals surface area contributed by atoms with E-state index in [2.05, 4.69) is 6.58 Å². The number of rotatable bonds is 4. The van der Waals surface area contributed by atoms with Crippen LogP contribution in [-0.2, 0) is 9.53 Å². The summed E-state index contributed by atoms with van der Waals surface area (Å²) in [5.41, 5.74) is 0. The van der Waals surface area contributed by atoms with Gasteiger partial charge in [0.2, 0.25) is 0 Å². The number of ether oxygens (including phenoxy) is 1. The molecule has 0 N–H and O–H groups in total. The van der Waals surface area contributed by atoms with Crippen LogP contribution in [0.3, 0.4) is 0 Å². The predicted molar refractivity (Wildman–Crippen MR) is 42.2 cm³/mol. The Bertz CT molecular complexity index is 167. The van der Waals surface area contributed by atoms with Gasteiger partial charge in [-0.05, 0) is 6.92 Å². The second kappa shape index (κ2) is 3.53. The molecule has 0 aromatic rings. The lowest BCUT2D eigenvalue weighted by atomic mass is 10.5. The minimum atomic E-state index is -0.102. The van der Waals surface area contributed by atoms with E-state index < -0.39 is 0 Å². The molecule has 1 rings (SSSR count). The number of hydrogen-bond donors (Lipinski definition) is 0. The van der Waals surface area contributed by atoms with Gasteiger partial charge in [-0.2, -0.15) is 0 Å². The second-order valence-electron chi connectivity index (χ2n) is 2.51. The van der Waals surface area contributed by atoms with Crippen LogP contribution in [0, 0.1) is 0 Å². The average Bonchev–Trinajstić information content (AvgIpc) is 2.69. The van der Waals surface area contributed by atoms with Gasteiger partial charge in [-0.1, -0.05) is 6.08 Å². The molecule has 0 spiro atoms. The SMILES string of the molecule is C=CCN1CC1C(=O)OCC. The van der Waals surface area contributed by atoms with Crippen molar-refractivity contribution in [3.8, 4) is 0 Å². The van der Waals surface area contributed by atoms with Gasteiger partial charge >= 0.3 is 5.97 Å². The summed E-state index contributed by atoms with van der Waals surface area (Å²) < 4.78 is 4.83. The van der Waals surface area contributed by atoms with Crippen molar-refractivity contribution in [3.05, 3.63) is 12.7 Å². The van der Waals surface area contributed by atoms with Crippen LogP contribution in [0.5, 0.6) is 0 Å². The molecule has 1 aliphatic heterocycles. The van der Waals surface area contributed by atoms with Gasteiger partial charge in [-0.15, -0.1) is 6.58 Å². The minimum Gasteiger partial charge on any atom is -0.465 e. The lowest BCUT2D eigenvalue weighted by molar-refractivity contribution is -0.143. The first-order valence-corrected chi connectivity index (χ1v) is 3.81. The first-order valence-electron chi connectivity index (χ1n) is 3.81. The van der Waals surface area contributed by atoms with Crippen LogP contribution in [0.4, 0.5) is 0 Å². The maximum atomic E-state index is 11.0. The number of carbonyl (C=O) groups is 1. The second-order valence-corrected chi connectivity index (χ2v) is 2.51. The molecule has 3 nitrogen and oxygen atoms in total. The van der Waals surface area contributed by atoms with Crippen LogP contribution in [0.2, 0.25) is 0 Å². The van der Waals surface area contributed by atoms with Gasteiger partial charge in [-0.25, -0.2) is 0 Å². The summed E-state index contributed by atoms with van der Waals surface area (Å²) in [7, 11) is 0. The molecule has 11 heavy (non-hydrogen) atoms. The smallest absolute Gasteiger partial charge is 0.324 e. The lowest BCUT2D eigenvalue weighted by Crippen LogP contribution is -2.16. The topological polar surface area (TPSA) is 29.3 Å². The van der Waals surface area contributed by atoms with Crippen molar-refractivity contribution < 1.29 is 9.53 Å². The third-order valence-corrected chi connectivity index (χ3v) is 1.64. The summed E-state index contributed by atoms with van der Waals surface area (Å²) in [6.07, 6.45) is 1.79. The molecule has 2 atom stereocenters. The summed E-state index contributed by atoms with van der Waals surface area (Å²) in [4.78, 5) is 13.0. The third kappa shape index (κ3) is 2.05. The highest BCUT2D eigenvalue weighted by Gasteiger charge is 2.40. The fourth-order valence-electron chi connectivity index (χ4n) is 1.00. The Morgan fingerprint density at radius 1 is 1.91 bits per heavy atom. The van der Waals surface area contributed by atoms with Crippen molar-refractivity contribution in [2.75, 3.05) is 19.7 Å². The maximum absolute atomic E-state index is 11.0. The van der Waals surface area contributed by atoms with Crippen LogP contribution < -0.4 is 0 Å². The van der Waals surface area contributed by atoms with Gasteiger partial charge in [-0.3, -0.25) is 9.69 Å². The van der Waals surface area contributed by atoms with E-state index in [-0.39, 0.29) is 12.0 Å². The van der Waals surface area contributed by atoms with E-state index in [9.17, 15) is 4.79 Å². The summed E-state index contributed by atoms with van der Waals surface area (Å²) in [5, 5.41) is 0. The number of nitrogens with zero attached hydrogens (tertiary/aromatic N) is 1. The molecule has 0 aromatic carbocycles. The van der Waals surface area contributed by atoms with Gasteiger partial charge in [0.1, 0.15) is 6.04 Å². The standard InChI is InChI=1S/C8H13NO2/c1-3-5-9-6-7(9)8(10)11-4-2/h3,7H,1,4-6H2,2H3. The van der Waals surface area contributed by atoms with Crippen LogP contribution >= 0.6 is 0 Å². The Morgan fingerprint density at radius 2 is 2.64 bits per heavy atom. The average molecular weight is 155 g/mol. The molecule has 0 radical (unpaired) electrons. The number of esters is 1. The van der Waals surface area contributed by atoms with Crippen LogP contribution in [0.25, 0.3) is 0 Å². The molecule has 1 heterocycles. The van der Waals surface area contributed by atoms with Crippen molar-refractivity contribution in [1.82, 2.24) is 4.90 Å². The lowest BCUT2D eigenvalue weighted by Gasteiger charge is -1.99. The molecule has 62 valence electrons. The molecule has 0 aliphatic carbocycles. The molecular weight excluding hydrogens is 142 g/mol. The normalized spacial score (nSPS) is 27.7. The minimum absolute atomic E-state index is 0.00736. The highest BCUT2D eigenvalue weighted by atomic mass is 16.5. The first-order chi connectivity index (χ1) is 5.29. The molecule has 1 aliphatic rings. The summed E-state index contributed by atoms with van der Waals surface area (Å²) in [5.74, 6) is -0.102. The first kappa shape index (κ1) is 8.27. The molecule has 0 bridgehead atoms. The number of carbonyl (C=O) groups excluding carboxylic acids is 1. The predicted octanol–water partition coefficient (Wildman–Crippen LogP) is 0.420. The summed E-state index contributed by atoms with van der Waals surface area (Å²) >= 11 is 0. The van der Waals surface area contributed by atoms with Gasteiger partial charge in [0.05, 0.1) is 6.61 Å². The Hall–Kier alpha value is -0.830. The fraction of sp³-hybridized carbons (Fsp3) is 0.625. The zero-order valence-electron chi connectivity index (χ0n) is 6.75. The maximum Gasteiger partial charge on any atom is 0.324 e. The van der Waals surface area contributed by atoms with Gasteiger partial charge in [0, 0.05) is 13.1 Å². The Morgan fingerprint density at radius 3 is 3.18 bits per heavy atom. The van der Waals surface area contributed by atoms with Crippen molar-refractivity contribution in [2.45, 2.75) is 13.0 Å². The quantitative estimate of drug-likeness (QED) is 0.335. The van der Waals surface area contributed by atoms with Gasteiger partial charge in [0.15, 0.2) is 0 Å². The zero-order valence-corrected chi connectivity index (χ0v) is 6.75. The van der Waals surface area contributed by atoms with Crippen molar-refractivity contribution in [3.63, 3.8) is 0 Å². The van der Waals surface area contributed by atoms with Crippen molar-refractivity contribution >= 4 is 5.97 Å². The van der Waals surface area contributed by atoms with Crippen LogP contribution in [0.1, 0.15) is 6.92 Å². The summed E-state index contributed by atoms with van der Waals surface area (Å²) in [6.45, 7) is 7.48. The van der Waals surface area contributed by atoms with E-state index in [0.29, 0.717) is 6.61 Å². The van der Waals surface area contributed by atoms with Gasteiger partial charge < -0.3 is 4.74 Å². The van der Waals surface area contributed by atoms with Crippen LogP contribution in [0.15, 0.2) is 12.7 Å². The largest absolute Gasteiger partial charge is 0.465 e. The number of hydrogen-bond acceptors (Lipinski definition) is 3. The Balaban J connectivity index is 2.20. The van der Waals surface area contributed by atoms with E-state index >= 15 is 0 Å². The summed E-state index contributed by atoms with van der Waals surface area (Å²) in [6, 6.07) is 0.00736. The molecule has 2 unspecified atom stereocenters. The van der Waals surface area contributed by atoms with Crippen molar-refractivity contribution in [1.29, 1.82) is 0 Å². The van der Waals surface area contributed by atoms with Crippen molar-refractivity contribution in [2.24, 2.45) is 0 Å².